The van der Waals surface area contributed by atoms with Crippen LogP contribution in [0.3, 0.4) is 0 Å². The number of aromatic nitrogens is 1. The van der Waals surface area contributed by atoms with Crippen molar-refractivity contribution >= 4 is 11.3 Å². The normalized spacial score (nSPS) is 38.0. The molecule has 0 amide bonds. The lowest BCUT2D eigenvalue weighted by Crippen LogP contribution is -2.36. The topological polar surface area (TPSA) is 24.9 Å². The Hall–Kier alpha value is -0.410. The lowest BCUT2D eigenvalue weighted by Gasteiger charge is -2.27. The van der Waals surface area contributed by atoms with Crippen molar-refractivity contribution in [2.45, 2.75) is 43.7 Å². The molecule has 3 heteroatoms. The minimum absolute atomic E-state index is 0.797. The zero-order valence-electron chi connectivity index (χ0n) is 7.57. The number of rotatable bonds is 1. The first-order valence-corrected chi connectivity index (χ1v) is 5.94. The van der Waals surface area contributed by atoms with E-state index in [0.29, 0.717) is 0 Å². The number of hydrogen-bond donors (Lipinski definition) is 1. The maximum Gasteiger partial charge on any atom is 0.0794 e. The molecule has 0 radical (unpaired) electrons. The number of hydrogen-bond acceptors (Lipinski definition) is 3. The summed E-state index contributed by atoms with van der Waals surface area (Å²) in [6.07, 6.45) is 7.50. The Labute approximate surface area is 82.4 Å². The fourth-order valence-corrected chi connectivity index (χ4v) is 3.47. The Kier molecular flexibility index (Phi) is 1.87. The zero-order chi connectivity index (χ0) is 8.67. The lowest BCUT2D eigenvalue weighted by molar-refractivity contribution is 0.366. The number of nitrogens with zero attached hydrogens (tertiary/aromatic N) is 1. The van der Waals surface area contributed by atoms with E-state index in [0.717, 1.165) is 18.0 Å². The van der Waals surface area contributed by atoms with Gasteiger partial charge < -0.3 is 5.32 Å². The van der Waals surface area contributed by atoms with E-state index in [1.807, 2.05) is 16.8 Å². The quantitative estimate of drug-likeness (QED) is 0.741. The van der Waals surface area contributed by atoms with Crippen molar-refractivity contribution in [3.8, 4) is 0 Å². The van der Waals surface area contributed by atoms with Crippen molar-refractivity contribution in [1.29, 1.82) is 0 Å². The lowest BCUT2D eigenvalue weighted by atomic mass is 9.92. The predicted octanol–water partition coefficient (Wildman–Crippen LogP) is 2.14. The Morgan fingerprint density at radius 3 is 2.69 bits per heavy atom. The van der Waals surface area contributed by atoms with Gasteiger partial charge in [0.05, 0.1) is 5.51 Å². The van der Waals surface area contributed by atoms with E-state index < -0.39 is 0 Å². The fraction of sp³-hybridized carbons (Fsp3) is 0.700. The molecule has 2 aliphatic rings. The van der Waals surface area contributed by atoms with Gasteiger partial charge in [0.1, 0.15) is 0 Å². The summed E-state index contributed by atoms with van der Waals surface area (Å²) in [5.74, 6) is 0.797. The summed E-state index contributed by atoms with van der Waals surface area (Å²) in [6, 6.07) is 1.59. The molecular weight excluding hydrogens is 180 g/mol. The molecule has 1 aromatic rings. The maximum atomic E-state index is 4.17. The maximum absolute atomic E-state index is 4.17. The van der Waals surface area contributed by atoms with Gasteiger partial charge in [0, 0.05) is 23.2 Å². The molecule has 1 aromatic heterocycles. The van der Waals surface area contributed by atoms with Crippen LogP contribution in [0.1, 0.15) is 36.5 Å². The highest BCUT2D eigenvalue weighted by Crippen LogP contribution is 2.38. The van der Waals surface area contributed by atoms with Crippen LogP contribution in [0.5, 0.6) is 0 Å². The van der Waals surface area contributed by atoms with E-state index in [-0.39, 0.29) is 0 Å². The average Bonchev–Trinajstić information content (AvgIpc) is 2.75. The number of fused-ring (bicyclic) bond motifs is 2. The van der Waals surface area contributed by atoms with E-state index in [1.165, 1.54) is 30.6 Å². The van der Waals surface area contributed by atoms with Crippen molar-refractivity contribution in [3.63, 3.8) is 0 Å². The molecule has 0 aliphatic carbocycles. The second kappa shape index (κ2) is 3.07. The standard InChI is InChI=1S/C10H14N2S/c1-2-9-4-7(3-8(1)12-9)10-5-11-6-13-10/h5-9,12H,1-4H2. The molecule has 2 atom stereocenters. The predicted molar refractivity (Wildman–Crippen MR) is 54.0 cm³/mol. The van der Waals surface area contributed by atoms with Crippen LogP contribution in [0.25, 0.3) is 0 Å². The fourth-order valence-electron chi connectivity index (χ4n) is 2.72. The second-order valence-corrected chi connectivity index (χ2v) is 5.13. The Bertz CT molecular complexity index is 271. The Morgan fingerprint density at radius 1 is 1.31 bits per heavy atom. The summed E-state index contributed by atoms with van der Waals surface area (Å²) in [4.78, 5) is 5.66. The summed E-state index contributed by atoms with van der Waals surface area (Å²) in [5.41, 5.74) is 1.96. The van der Waals surface area contributed by atoms with Crippen molar-refractivity contribution in [3.05, 3.63) is 16.6 Å². The number of thiazole rings is 1. The minimum atomic E-state index is 0.797. The van der Waals surface area contributed by atoms with Gasteiger partial charge in [-0.15, -0.1) is 11.3 Å². The summed E-state index contributed by atoms with van der Waals surface area (Å²) in [7, 11) is 0. The van der Waals surface area contributed by atoms with Gasteiger partial charge in [-0.05, 0) is 31.6 Å². The van der Waals surface area contributed by atoms with Crippen molar-refractivity contribution < 1.29 is 0 Å². The molecule has 2 saturated heterocycles. The summed E-state index contributed by atoms with van der Waals surface area (Å²) in [6.45, 7) is 0. The molecule has 2 unspecified atom stereocenters. The molecule has 70 valence electrons. The van der Waals surface area contributed by atoms with Crippen LogP contribution in [-0.4, -0.2) is 17.1 Å². The molecule has 3 rings (SSSR count). The van der Waals surface area contributed by atoms with Crippen LogP contribution in [0, 0.1) is 0 Å². The van der Waals surface area contributed by atoms with Crippen molar-refractivity contribution in [2.24, 2.45) is 0 Å². The second-order valence-electron chi connectivity index (χ2n) is 4.21. The van der Waals surface area contributed by atoms with E-state index in [9.17, 15) is 0 Å². The molecule has 3 heterocycles. The molecule has 0 spiro atoms. The Morgan fingerprint density at radius 2 is 2.08 bits per heavy atom. The van der Waals surface area contributed by atoms with Gasteiger partial charge in [0.25, 0.3) is 0 Å². The van der Waals surface area contributed by atoms with Gasteiger partial charge in [-0.1, -0.05) is 0 Å². The van der Waals surface area contributed by atoms with Gasteiger partial charge in [0.15, 0.2) is 0 Å². The molecule has 2 nitrogen and oxygen atoms in total. The number of piperidine rings is 1. The van der Waals surface area contributed by atoms with Crippen molar-refractivity contribution in [2.75, 3.05) is 0 Å². The average molecular weight is 194 g/mol. The van der Waals surface area contributed by atoms with Crippen LogP contribution in [-0.2, 0) is 0 Å². The molecule has 2 bridgehead atoms. The molecule has 0 saturated carbocycles. The van der Waals surface area contributed by atoms with Gasteiger partial charge >= 0.3 is 0 Å². The van der Waals surface area contributed by atoms with Crippen LogP contribution >= 0.6 is 11.3 Å². The van der Waals surface area contributed by atoms with Crippen molar-refractivity contribution in [1.82, 2.24) is 10.3 Å². The van der Waals surface area contributed by atoms with E-state index in [1.54, 1.807) is 0 Å². The molecule has 2 aliphatic heterocycles. The SMILES string of the molecule is c1ncc(C2CC3CCC(C2)N3)s1. The van der Waals surface area contributed by atoms with Gasteiger partial charge in [-0.2, -0.15) is 0 Å². The third kappa shape index (κ3) is 1.40. The van der Waals surface area contributed by atoms with Gasteiger partial charge in [-0.3, -0.25) is 4.98 Å². The highest BCUT2D eigenvalue weighted by molar-refractivity contribution is 7.09. The molecular formula is C10H14N2S. The first kappa shape index (κ1) is 7.94. The monoisotopic (exact) mass is 194 g/mol. The number of nitrogens with one attached hydrogen (secondary N) is 1. The molecule has 2 fully saturated rings. The van der Waals surface area contributed by atoms with Crippen LogP contribution < -0.4 is 5.32 Å². The smallest absolute Gasteiger partial charge is 0.0794 e. The molecule has 13 heavy (non-hydrogen) atoms. The Balaban J connectivity index is 1.80. The third-order valence-corrected chi connectivity index (χ3v) is 4.26. The van der Waals surface area contributed by atoms with E-state index >= 15 is 0 Å². The molecule has 1 N–H and O–H groups in total. The first-order chi connectivity index (χ1) is 6.42. The summed E-state index contributed by atoms with van der Waals surface area (Å²) in [5, 5.41) is 3.67. The third-order valence-electron chi connectivity index (χ3n) is 3.33. The largest absolute Gasteiger partial charge is 0.311 e. The van der Waals surface area contributed by atoms with Crippen LogP contribution in [0.15, 0.2) is 11.7 Å². The van der Waals surface area contributed by atoms with Gasteiger partial charge in [0.2, 0.25) is 0 Å². The van der Waals surface area contributed by atoms with E-state index in [2.05, 4.69) is 16.5 Å². The first-order valence-electron chi connectivity index (χ1n) is 5.06. The van der Waals surface area contributed by atoms with Gasteiger partial charge in [-0.25, -0.2) is 0 Å². The summed E-state index contributed by atoms with van der Waals surface area (Å²) >= 11 is 1.82. The minimum Gasteiger partial charge on any atom is -0.311 e. The highest BCUT2D eigenvalue weighted by Gasteiger charge is 2.34. The van der Waals surface area contributed by atoms with E-state index in [4.69, 9.17) is 0 Å². The zero-order valence-corrected chi connectivity index (χ0v) is 8.39. The summed E-state index contributed by atoms with van der Waals surface area (Å²) < 4.78 is 0. The highest BCUT2D eigenvalue weighted by atomic mass is 32.1. The molecule has 0 aromatic carbocycles. The van der Waals surface area contributed by atoms with Crippen LogP contribution in [0.4, 0.5) is 0 Å². The van der Waals surface area contributed by atoms with Crippen LogP contribution in [0.2, 0.25) is 0 Å².